The van der Waals surface area contributed by atoms with E-state index in [1.165, 1.54) is 18.2 Å². The minimum atomic E-state index is -4.44. The molecule has 0 saturated carbocycles. The molecule has 3 N–H and O–H groups in total. The van der Waals surface area contributed by atoms with Crippen molar-refractivity contribution in [1.82, 2.24) is 0 Å². The van der Waals surface area contributed by atoms with Crippen molar-refractivity contribution >= 4 is 27.9 Å². The highest BCUT2D eigenvalue weighted by Gasteiger charge is 2.30. The van der Waals surface area contributed by atoms with Crippen molar-refractivity contribution < 1.29 is 18.0 Å². The first-order chi connectivity index (χ1) is 8.86. The highest BCUT2D eigenvalue weighted by molar-refractivity contribution is 7.17. The number of amides is 1. The van der Waals surface area contributed by atoms with Crippen LogP contribution in [-0.4, -0.2) is 5.91 Å². The topological polar surface area (TPSA) is 55.1 Å². The summed E-state index contributed by atoms with van der Waals surface area (Å²) in [4.78, 5) is 12.1. The minimum Gasteiger partial charge on any atom is -0.391 e. The molecule has 100 valence electrons. The summed E-state index contributed by atoms with van der Waals surface area (Å²) in [6.07, 6.45) is -4.44. The molecule has 1 amide bonds. The zero-order valence-corrected chi connectivity index (χ0v) is 10.3. The third-order valence-corrected chi connectivity index (χ3v) is 3.21. The normalized spacial score (nSPS) is 11.3. The molecule has 7 heteroatoms. The second kappa shape index (κ2) is 4.93. The van der Waals surface area contributed by atoms with E-state index in [0.29, 0.717) is 9.88 Å². The molecule has 2 rings (SSSR count). The number of halogens is 3. The number of benzene rings is 1. The number of rotatable bonds is 2. The lowest BCUT2D eigenvalue weighted by Gasteiger charge is -2.09. The number of thiophene rings is 1. The van der Waals surface area contributed by atoms with Crippen molar-refractivity contribution in [2.24, 2.45) is 0 Å². The number of nitrogen functional groups attached to an aromatic ring is 1. The van der Waals surface area contributed by atoms with E-state index in [0.717, 1.165) is 23.5 Å². The number of hydrogen-bond acceptors (Lipinski definition) is 3. The summed E-state index contributed by atoms with van der Waals surface area (Å²) in [6.45, 7) is 0. The van der Waals surface area contributed by atoms with Crippen LogP contribution in [0.25, 0.3) is 0 Å². The predicted octanol–water partition coefficient (Wildman–Crippen LogP) is 3.60. The van der Waals surface area contributed by atoms with Crippen LogP contribution in [0.4, 0.5) is 23.9 Å². The first-order valence-electron chi connectivity index (χ1n) is 5.20. The fourth-order valence-electron chi connectivity index (χ4n) is 1.44. The highest BCUT2D eigenvalue weighted by Crippen LogP contribution is 2.30. The van der Waals surface area contributed by atoms with Gasteiger partial charge in [-0.15, -0.1) is 11.3 Å². The highest BCUT2D eigenvalue weighted by atomic mass is 32.1. The molecule has 0 radical (unpaired) electrons. The van der Waals surface area contributed by atoms with E-state index in [9.17, 15) is 18.0 Å². The molecule has 19 heavy (non-hydrogen) atoms. The standard InChI is InChI=1S/C12H9F3N2OS/c13-12(14,15)7-2-1-3-8(6-7)17-11(18)9-4-5-10(16)19-9/h1-6H,16H2,(H,17,18). The zero-order valence-electron chi connectivity index (χ0n) is 9.49. The number of anilines is 2. The molecule has 1 aromatic heterocycles. The van der Waals surface area contributed by atoms with Gasteiger partial charge in [-0.25, -0.2) is 0 Å². The summed E-state index contributed by atoms with van der Waals surface area (Å²) in [5.41, 5.74) is 4.76. The third-order valence-electron chi connectivity index (χ3n) is 2.30. The molecule has 0 atom stereocenters. The van der Waals surface area contributed by atoms with Gasteiger partial charge >= 0.3 is 6.18 Å². The van der Waals surface area contributed by atoms with Crippen LogP contribution in [0.3, 0.4) is 0 Å². The van der Waals surface area contributed by atoms with Gasteiger partial charge in [0, 0.05) is 5.69 Å². The van der Waals surface area contributed by atoms with Gasteiger partial charge in [-0.1, -0.05) is 6.07 Å². The van der Waals surface area contributed by atoms with E-state index < -0.39 is 17.6 Å². The number of nitrogens with two attached hydrogens (primary N) is 1. The second-order valence-electron chi connectivity index (χ2n) is 3.73. The second-order valence-corrected chi connectivity index (χ2v) is 4.85. The Morgan fingerprint density at radius 2 is 1.95 bits per heavy atom. The molecule has 0 unspecified atom stereocenters. The summed E-state index contributed by atoms with van der Waals surface area (Å²) >= 11 is 1.07. The van der Waals surface area contributed by atoms with Gasteiger partial charge in [0.2, 0.25) is 0 Å². The maximum absolute atomic E-state index is 12.5. The number of hydrogen-bond donors (Lipinski definition) is 2. The summed E-state index contributed by atoms with van der Waals surface area (Å²) in [6, 6.07) is 7.54. The molecule has 0 bridgehead atoms. The van der Waals surface area contributed by atoms with E-state index in [-0.39, 0.29) is 5.69 Å². The summed E-state index contributed by atoms with van der Waals surface area (Å²) in [5, 5.41) is 2.87. The molecular formula is C12H9F3N2OS. The SMILES string of the molecule is Nc1ccc(C(=O)Nc2cccc(C(F)(F)F)c2)s1. The number of carbonyl (C=O) groups excluding carboxylic acids is 1. The Morgan fingerprint density at radius 1 is 1.21 bits per heavy atom. The molecule has 0 spiro atoms. The molecule has 0 fully saturated rings. The lowest BCUT2D eigenvalue weighted by Crippen LogP contribution is -2.11. The number of alkyl halides is 3. The zero-order chi connectivity index (χ0) is 14.0. The Kier molecular flexibility index (Phi) is 3.48. The molecule has 2 aromatic rings. The van der Waals surface area contributed by atoms with Gasteiger partial charge in [-0.05, 0) is 30.3 Å². The smallest absolute Gasteiger partial charge is 0.391 e. The molecule has 3 nitrogen and oxygen atoms in total. The van der Waals surface area contributed by atoms with E-state index in [1.807, 2.05) is 0 Å². The average molecular weight is 286 g/mol. The first kappa shape index (κ1) is 13.4. The largest absolute Gasteiger partial charge is 0.416 e. The van der Waals surface area contributed by atoms with Gasteiger partial charge in [-0.2, -0.15) is 13.2 Å². The first-order valence-corrected chi connectivity index (χ1v) is 6.02. The maximum atomic E-state index is 12.5. The van der Waals surface area contributed by atoms with Gasteiger partial charge in [0.1, 0.15) is 0 Å². The Bertz CT molecular complexity index is 607. The van der Waals surface area contributed by atoms with Crippen LogP contribution in [0.1, 0.15) is 15.2 Å². The maximum Gasteiger partial charge on any atom is 0.416 e. The monoisotopic (exact) mass is 286 g/mol. The van der Waals surface area contributed by atoms with Crippen LogP contribution in [0.5, 0.6) is 0 Å². The Hall–Kier alpha value is -2.02. The van der Waals surface area contributed by atoms with Gasteiger partial charge in [0.05, 0.1) is 15.4 Å². The summed E-state index contributed by atoms with van der Waals surface area (Å²) in [7, 11) is 0. The van der Waals surface area contributed by atoms with Crippen LogP contribution < -0.4 is 11.1 Å². The molecule has 0 saturated heterocycles. The van der Waals surface area contributed by atoms with Crippen molar-refractivity contribution in [1.29, 1.82) is 0 Å². The van der Waals surface area contributed by atoms with Crippen LogP contribution in [0.15, 0.2) is 36.4 Å². The van der Waals surface area contributed by atoms with E-state index in [1.54, 1.807) is 6.07 Å². The van der Waals surface area contributed by atoms with Crippen molar-refractivity contribution in [2.75, 3.05) is 11.1 Å². The van der Waals surface area contributed by atoms with E-state index in [2.05, 4.69) is 5.32 Å². The summed E-state index contributed by atoms with van der Waals surface area (Å²) in [5.74, 6) is -0.485. The van der Waals surface area contributed by atoms with Crippen molar-refractivity contribution in [3.8, 4) is 0 Å². The quantitative estimate of drug-likeness (QED) is 0.886. The van der Waals surface area contributed by atoms with Crippen LogP contribution in [-0.2, 0) is 6.18 Å². The van der Waals surface area contributed by atoms with E-state index >= 15 is 0 Å². The van der Waals surface area contributed by atoms with Gasteiger partial charge in [0.25, 0.3) is 5.91 Å². The Labute approximate surface area is 110 Å². The van der Waals surface area contributed by atoms with Crippen molar-refractivity contribution in [3.63, 3.8) is 0 Å². The molecule has 1 aromatic carbocycles. The van der Waals surface area contributed by atoms with Crippen LogP contribution in [0, 0.1) is 0 Å². The Balaban J connectivity index is 2.18. The van der Waals surface area contributed by atoms with Crippen molar-refractivity contribution in [2.45, 2.75) is 6.18 Å². The van der Waals surface area contributed by atoms with E-state index in [4.69, 9.17) is 5.73 Å². The number of nitrogens with one attached hydrogen (secondary N) is 1. The van der Waals surface area contributed by atoms with Crippen LogP contribution >= 0.6 is 11.3 Å². The molecule has 0 aliphatic rings. The third kappa shape index (κ3) is 3.25. The lowest BCUT2D eigenvalue weighted by atomic mass is 10.2. The van der Waals surface area contributed by atoms with Gasteiger partial charge < -0.3 is 11.1 Å². The Morgan fingerprint density at radius 3 is 2.53 bits per heavy atom. The van der Waals surface area contributed by atoms with Gasteiger partial charge in [0.15, 0.2) is 0 Å². The minimum absolute atomic E-state index is 0.0896. The molecular weight excluding hydrogens is 277 g/mol. The molecule has 0 aliphatic heterocycles. The van der Waals surface area contributed by atoms with Crippen LogP contribution in [0.2, 0.25) is 0 Å². The molecule has 1 heterocycles. The fourth-order valence-corrected chi connectivity index (χ4v) is 2.11. The lowest BCUT2D eigenvalue weighted by molar-refractivity contribution is -0.137. The predicted molar refractivity (Wildman–Crippen MR) is 68.1 cm³/mol. The molecule has 0 aliphatic carbocycles. The number of carbonyl (C=O) groups is 1. The average Bonchev–Trinajstić information content (AvgIpc) is 2.75. The van der Waals surface area contributed by atoms with Crippen molar-refractivity contribution in [3.05, 3.63) is 46.8 Å². The summed E-state index contributed by atoms with van der Waals surface area (Å²) < 4.78 is 37.5. The fraction of sp³-hybridized carbons (Fsp3) is 0.0833. The van der Waals surface area contributed by atoms with Gasteiger partial charge in [-0.3, -0.25) is 4.79 Å².